The summed E-state index contributed by atoms with van der Waals surface area (Å²) >= 11 is 6.39. The SMILES string of the molecule is CC/C=C\C(=NC)c1cc(OC)c(C)c(C(Cl)=N/C=C/CC)c1. The molecule has 23 heavy (non-hydrogen) atoms. The van der Waals surface area contributed by atoms with E-state index in [0.29, 0.717) is 5.17 Å². The van der Waals surface area contributed by atoms with Crippen molar-refractivity contribution in [2.24, 2.45) is 9.98 Å². The van der Waals surface area contributed by atoms with Crippen LogP contribution in [0, 0.1) is 6.92 Å². The molecule has 1 rings (SSSR count). The Morgan fingerprint density at radius 1 is 1.22 bits per heavy atom. The number of ether oxygens (including phenoxy) is 1. The third kappa shape index (κ3) is 5.36. The predicted octanol–water partition coefficient (Wildman–Crippen LogP) is 5.30. The van der Waals surface area contributed by atoms with E-state index < -0.39 is 0 Å². The van der Waals surface area contributed by atoms with Crippen molar-refractivity contribution in [3.05, 3.63) is 53.3 Å². The molecule has 0 atom stereocenters. The third-order valence-corrected chi connectivity index (χ3v) is 3.68. The first-order valence-corrected chi connectivity index (χ1v) is 8.17. The Labute approximate surface area is 144 Å². The van der Waals surface area contributed by atoms with Gasteiger partial charge in [-0.25, -0.2) is 4.99 Å². The molecule has 0 bridgehead atoms. The lowest BCUT2D eigenvalue weighted by molar-refractivity contribution is 0.411. The Hall–Kier alpha value is -1.87. The zero-order valence-corrected chi connectivity index (χ0v) is 15.3. The van der Waals surface area contributed by atoms with Gasteiger partial charge < -0.3 is 4.74 Å². The standard InChI is InChI=1S/C19H25ClN2O/c1-6-8-10-17(21-4)15-12-16(14(3)18(13-15)23-5)19(20)22-11-9-7-2/h8-13H,6-7H2,1-5H3/b10-8-,11-9+,21-17?,22-19?. The van der Waals surface area contributed by atoms with Crippen molar-refractivity contribution in [2.75, 3.05) is 14.2 Å². The average molecular weight is 333 g/mol. The van der Waals surface area contributed by atoms with Gasteiger partial charge in [0.05, 0.1) is 12.8 Å². The maximum Gasteiger partial charge on any atom is 0.136 e. The minimum absolute atomic E-state index is 0.447. The van der Waals surface area contributed by atoms with Gasteiger partial charge in [0, 0.05) is 29.9 Å². The van der Waals surface area contributed by atoms with Crippen molar-refractivity contribution in [2.45, 2.75) is 33.6 Å². The molecule has 0 spiro atoms. The van der Waals surface area contributed by atoms with Gasteiger partial charge in [0.1, 0.15) is 10.9 Å². The first kappa shape index (κ1) is 19.2. The largest absolute Gasteiger partial charge is 0.496 e. The molecule has 0 aliphatic carbocycles. The molecule has 0 aromatic heterocycles. The normalized spacial score (nSPS) is 13.3. The maximum atomic E-state index is 6.39. The summed E-state index contributed by atoms with van der Waals surface area (Å²) in [6.07, 6.45) is 9.65. The van der Waals surface area contributed by atoms with E-state index in [1.54, 1.807) is 20.4 Å². The van der Waals surface area contributed by atoms with Crippen LogP contribution in [0.5, 0.6) is 5.75 Å². The lowest BCUT2D eigenvalue weighted by atomic mass is 10.0. The molecule has 1 aromatic rings. The minimum Gasteiger partial charge on any atom is -0.496 e. The monoisotopic (exact) mass is 332 g/mol. The number of rotatable bonds is 7. The average Bonchev–Trinajstić information content (AvgIpc) is 2.56. The van der Waals surface area contributed by atoms with Crippen molar-refractivity contribution in [1.29, 1.82) is 0 Å². The minimum atomic E-state index is 0.447. The van der Waals surface area contributed by atoms with Gasteiger partial charge in [0.2, 0.25) is 0 Å². The van der Waals surface area contributed by atoms with Gasteiger partial charge in [-0.2, -0.15) is 0 Å². The number of hydrogen-bond acceptors (Lipinski definition) is 3. The second kappa shape index (κ2) is 10.0. The molecule has 4 heteroatoms. The molecule has 0 heterocycles. The van der Waals surface area contributed by atoms with E-state index in [-0.39, 0.29) is 0 Å². The number of nitrogens with zero attached hydrogens (tertiary/aromatic N) is 2. The van der Waals surface area contributed by atoms with Crippen molar-refractivity contribution in [3.8, 4) is 5.75 Å². The summed E-state index contributed by atoms with van der Waals surface area (Å²) in [6.45, 7) is 6.12. The number of hydrogen-bond donors (Lipinski definition) is 0. The lowest BCUT2D eigenvalue weighted by Gasteiger charge is -2.13. The summed E-state index contributed by atoms with van der Waals surface area (Å²) < 4.78 is 5.49. The molecule has 0 saturated heterocycles. The fraction of sp³-hybridized carbons (Fsp3) is 0.368. The molecule has 0 fully saturated rings. The summed E-state index contributed by atoms with van der Waals surface area (Å²) in [5, 5.41) is 0.447. The molecular weight excluding hydrogens is 308 g/mol. The van der Waals surface area contributed by atoms with Crippen LogP contribution in [0.25, 0.3) is 0 Å². The highest BCUT2D eigenvalue weighted by Crippen LogP contribution is 2.26. The molecule has 0 amide bonds. The van der Waals surface area contributed by atoms with Crippen LogP contribution in [0.3, 0.4) is 0 Å². The predicted molar refractivity (Wildman–Crippen MR) is 101 cm³/mol. The van der Waals surface area contributed by atoms with Gasteiger partial charge in [0.15, 0.2) is 0 Å². The van der Waals surface area contributed by atoms with Crippen LogP contribution in [-0.2, 0) is 0 Å². The number of halogens is 1. The molecular formula is C19H25ClN2O. The second-order valence-corrected chi connectivity index (χ2v) is 5.34. The van der Waals surface area contributed by atoms with E-state index in [9.17, 15) is 0 Å². The van der Waals surface area contributed by atoms with Gasteiger partial charge in [-0.05, 0) is 38.0 Å². The van der Waals surface area contributed by atoms with Crippen molar-refractivity contribution >= 4 is 22.5 Å². The highest BCUT2D eigenvalue weighted by atomic mass is 35.5. The van der Waals surface area contributed by atoms with E-state index in [2.05, 4.69) is 29.9 Å². The fourth-order valence-corrected chi connectivity index (χ4v) is 2.34. The molecule has 0 unspecified atom stereocenters. The highest BCUT2D eigenvalue weighted by molar-refractivity contribution is 6.69. The Morgan fingerprint density at radius 2 is 1.91 bits per heavy atom. The van der Waals surface area contributed by atoms with E-state index in [1.807, 2.05) is 31.2 Å². The van der Waals surface area contributed by atoms with Crippen LogP contribution in [0.15, 0.2) is 46.5 Å². The summed E-state index contributed by atoms with van der Waals surface area (Å²) in [6, 6.07) is 3.99. The van der Waals surface area contributed by atoms with Gasteiger partial charge in [-0.15, -0.1) is 0 Å². The summed E-state index contributed by atoms with van der Waals surface area (Å²) in [5.74, 6) is 0.774. The molecule has 0 N–H and O–H groups in total. The molecule has 0 saturated carbocycles. The number of benzene rings is 1. The van der Waals surface area contributed by atoms with Crippen molar-refractivity contribution in [1.82, 2.24) is 0 Å². The smallest absolute Gasteiger partial charge is 0.136 e. The van der Waals surface area contributed by atoms with Crippen LogP contribution in [0.1, 0.15) is 43.4 Å². The maximum absolute atomic E-state index is 6.39. The van der Waals surface area contributed by atoms with Crippen LogP contribution in [0.2, 0.25) is 0 Å². The lowest BCUT2D eigenvalue weighted by Crippen LogP contribution is -2.04. The summed E-state index contributed by atoms with van der Waals surface area (Å²) in [7, 11) is 3.43. The first-order chi connectivity index (χ1) is 11.1. The Morgan fingerprint density at radius 3 is 2.48 bits per heavy atom. The van der Waals surface area contributed by atoms with Crippen molar-refractivity contribution < 1.29 is 4.74 Å². The molecule has 0 aliphatic heterocycles. The van der Waals surface area contributed by atoms with E-state index in [0.717, 1.165) is 41.0 Å². The van der Waals surface area contributed by atoms with Gasteiger partial charge in [-0.3, -0.25) is 4.99 Å². The number of allylic oxidation sites excluding steroid dienone is 3. The first-order valence-electron chi connectivity index (χ1n) is 7.79. The summed E-state index contributed by atoms with van der Waals surface area (Å²) in [5.41, 5.74) is 3.67. The summed E-state index contributed by atoms with van der Waals surface area (Å²) in [4.78, 5) is 8.65. The molecule has 3 nitrogen and oxygen atoms in total. The van der Waals surface area contributed by atoms with Gasteiger partial charge in [0.25, 0.3) is 0 Å². The van der Waals surface area contributed by atoms with Crippen LogP contribution < -0.4 is 4.74 Å². The fourth-order valence-electron chi connectivity index (χ4n) is 2.08. The Balaban J connectivity index is 3.41. The van der Waals surface area contributed by atoms with Crippen LogP contribution in [-0.4, -0.2) is 25.0 Å². The number of methoxy groups -OCH3 is 1. The number of aliphatic imine (C=N–C) groups is 2. The molecule has 1 aromatic carbocycles. The zero-order valence-electron chi connectivity index (χ0n) is 14.6. The van der Waals surface area contributed by atoms with Crippen molar-refractivity contribution in [3.63, 3.8) is 0 Å². The second-order valence-electron chi connectivity index (χ2n) is 4.98. The Kier molecular flexibility index (Phi) is 8.35. The molecule has 0 aliphatic rings. The van der Waals surface area contributed by atoms with Crippen LogP contribution in [0.4, 0.5) is 0 Å². The highest BCUT2D eigenvalue weighted by Gasteiger charge is 2.13. The van der Waals surface area contributed by atoms with E-state index in [1.165, 1.54) is 0 Å². The topological polar surface area (TPSA) is 34.0 Å². The Bertz CT molecular complexity index is 643. The van der Waals surface area contributed by atoms with Gasteiger partial charge in [-0.1, -0.05) is 37.6 Å². The van der Waals surface area contributed by atoms with E-state index >= 15 is 0 Å². The third-order valence-electron chi connectivity index (χ3n) is 3.38. The molecule has 124 valence electrons. The van der Waals surface area contributed by atoms with E-state index in [4.69, 9.17) is 16.3 Å². The quantitative estimate of drug-likeness (QED) is 0.624. The van der Waals surface area contributed by atoms with Gasteiger partial charge >= 0.3 is 0 Å². The van der Waals surface area contributed by atoms with Crippen LogP contribution >= 0.6 is 11.6 Å². The molecule has 0 radical (unpaired) electrons. The zero-order chi connectivity index (χ0) is 17.2.